The van der Waals surface area contributed by atoms with Crippen LogP contribution in [0.2, 0.25) is 0 Å². The van der Waals surface area contributed by atoms with E-state index in [-0.39, 0.29) is 0 Å². The number of hydrogen-bond donors (Lipinski definition) is 1. The molecule has 5 fully saturated rings. The minimum atomic E-state index is 0.480. The molecule has 23 heavy (non-hydrogen) atoms. The average molecular weight is 334 g/mol. The summed E-state index contributed by atoms with van der Waals surface area (Å²) in [7, 11) is 0. The van der Waals surface area contributed by atoms with Crippen LogP contribution in [0, 0.1) is 34.5 Å². The zero-order valence-electron chi connectivity index (χ0n) is 15.2. The van der Waals surface area contributed by atoms with Gasteiger partial charge in [0.05, 0.1) is 4.87 Å². The molecule has 1 aliphatic heterocycles. The van der Waals surface area contributed by atoms with E-state index < -0.39 is 0 Å². The Morgan fingerprint density at radius 2 is 1.83 bits per heavy atom. The van der Waals surface area contributed by atoms with Crippen LogP contribution in [0.15, 0.2) is 0 Å². The lowest BCUT2D eigenvalue weighted by Gasteiger charge is -2.62. The van der Waals surface area contributed by atoms with Gasteiger partial charge in [0.2, 0.25) is 0 Å². The second kappa shape index (κ2) is 5.16. The fourth-order valence-electron chi connectivity index (χ4n) is 8.09. The lowest BCUT2D eigenvalue weighted by Crippen LogP contribution is -2.56. The maximum atomic E-state index is 3.90. The van der Waals surface area contributed by atoms with Crippen LogP contribution < -0.4 is 5.32 Å². The van der Waals surface area contributed by atoms with Crippen LogP contribution in [-0.4, -0.2) is 17.2 Å². The van der Waals surface area contributed by atoms with Gasteiger partial charge in [0.15, 0.2) is 0 Å². The third kappa shape index (κ3) is 2.16. The Morgan fingerprint density at radius 1 is 0.913 bits per heavy atom. The molecule has 1 spiro atoms. The van der Waals surface area contributed by atoms with Crippen LogP contribution in [0.3, 0.4) is 0 Å². The molecular weight excluding hydrogens is 298 g/mol. The van der Waals surface area contributed by atoms with E-state index in [1.165, 1.54) is 50.8 Å². The van der Waals surface area contributed by atoms with Gasteiger partial charge in [0, 0.05) is 12.3 Å². The fourth-order valence-corrected chi connectivity index (χ4v) is 9.46. The third-order valence-electron chi connectivity index (χ3n) is 9.42. The minimum absolute atomic E-state index is 0.480. The molecule has 1 saturated heterocycles. The molecule has 7 atom stereocenters. The minimum Gasteiger partial charge on any atom is -0.302 e. The quantitative estimate of drug-likeness (QED) is 0.632. The van der Waals surface area contributed by atoms with Gasteiger partial charge in [-0.1, -0.05) is 20.3 Å². The zero-order valence-corrected chi connectivity index (χ0v) is 16.0. The first-order valence-corrected chi connectivity index (χ1v) is 11.4. The molecule has 5 aliphatic rings. The predicted octanol–water partition coefficient (Wildman–Crippen LogP) is 5.45. The summed E-state index contributed by atoms with van der Waals surface area (Å²) in [5.74, 6) is 5.56. The summed E-state index contributed by atoms with van der Waals surface area (Å²) in [6, 6.07) is 0. The fraction of sp³-hybridized carbons (Fsp3) is 1.00. The molecule has 1 nitrogen and oxygen atoms in total. The monoisotopic (exact) mass is 333 g/mol. The molecule has 7 unspecified atom stereocenters. The summed E-state index contributed by atoms with van der Waals surface area (Å²) in [6.45, 7) is 6.61. The molecule has 2 heteroatoms. The second-order valence-corrected chi connectivity index (χ2v) is 11.7. The Kier molecular flexibility index (Phi) is 3.49. The normalized spacial score (nSPS) is 58.7. The van der Waals surface area contributed by atoms with E-state index in [0.717, 1.165) is 29.1 Å². The molecular formula is C21H35NS. The Morgan fingerprint density at radius 3 is 2.65 bits per heavy atom. The van der Waals surface area contributed by atoms with Gasteiger partial charge in [-0.15, -0.1) is 11.8 Å². The Bertz CT molecular complexity index is 484. The largest absolute Gasteiger partial charge is 0.302 e. The van der Waals surface area contributed by atoms with Gasteiger partial charge in [-0.25, -0.2) is 0 Å². The first-order valence-electron chi connectivity index (χ1n) is 10.4. The molecule has 0 bridgehead atoms. The van der Waals surface area contributed by atoms with Crippen LogP contribution in [0.4, 0.5) is 0 Å². The van der Waals surface area contributed by atoms with Crippen molar-refractivity contribution in [3.8, 4) is 0 Å². The van der Waals surface area contributed by atoms with Crippen molar-refractivity contribution in [1.29, 1.82) is 0 Å². The maximum absolute atomic E-state index is 3.90. The maximum Gasteiger partial charge on any atom is 0.0649 e. The molecule has 0 aromatic rings. The Balaban J connectivity index is 1.41. The summed E-state index contributed by atoms with van der Waals surface area (Å²) in [6.07, 6.45) is 15.2. The van der Waals surface area contributed by atoms with Gasteiger partial charge >= 0.3 is 0 Å². The van der Waals surface area contributed by atoms with Crippen molar-refractivity contribution < 1.29 is 0 Å². The third-order valence-corrected chi connectivity index (χ3v) is 10.9. The number of nitrogens with one attached hydrogen (secondary N) is 1. The molecule has 130 valence electrons. The molecule has 0 aromatic heterocycles. The number of fused-ring (bicyclic) bond motifs is 5. The van der Waals surface area contributed by atoms with Gasteiger partial charge in [0.25, 0.3) is 0 Å². The van der Waals surface area contributed by atoms with E-state index >= 15 is 0 Å². The molecule has 0 radical (unpaired) electrons. The van der Waals surface area contributed by atoms with Crippen molar-refractivity contribution in [2.45, 2.75) is 82.9 Å². The van der Waals surface area contributed by atoms with Gasteiger partial charge in [-0.3, -0.25) is 0 Å². The van der Waals surface area contributed by atoms with Crippen molar-refractivity contribution in [3.63, 3.8) is 0 Å². The van der Waals surface area contributed by atoms with E-state index in [1.807, 2.05) is 0 Å². The Labute approximate surface area is 147 Å². The average Bonchev–Trinajstić information content (AvgIpc) is 3.15. The van der Waals surface area contributed by atoms with Crippen molar-refractivity contribution in [2.24, 2.45) is 34.5 Å². The summed E-state index contributed by atoms with van der Waals surface area (Å²) >= 11 is 2.25. The van der Waals surface area contributed by atoms with Gasteiger partial charge in [-0.05, 0) is 92.3 Å². The lowest BCUT2D eigenvalue weighted by atomic mass is 9.45. The first kappa shape index (κ1) is 15.6. The highest BCUT2D eigenvalue weighted by Gasteiger charge is 2.59. The van der Waals surface area contributed by atoms with Crippen LogP contribution in [0.25, 0.3) is 0 Å². The van der Waals surface area contributed by atoms with E-state index in [9.17, 15) is 0 Å². The van der Waals surface area contributed by atoms with Gasteiger partial charge in [-0.2, -0.15) is 0 Å². The van der Waals surface area contributed by atoms with Crippen LogP contribution in [0.1, 0.15) is 78.1 Å². The summed E-state index contributed by atoms with van der Waals surface area (Å²) in [5, 5.41) is 3.90. The van der Waals surface area contributed by atoms with Crippen LogP contribution in [-0.2, 0) is 0 Å². The van der Waals surface area contributed by atoms with Crippen molar-refractivity contribution in [1.82, 2.24) is 5.32 Å². The molecule has 1 N–H and O–H groups in total. The second-order valence-electron chi connectivity index (χ2n) is 10.2. The van der Waals surface area contributed by atoms with E-state index in [2.05, 4.69) is 30.9 Å². The highest BCUT2D eigenvalue weighted by atomic mass is 32.2. The predicted molar refractivity (Wildman–Crippen MR) is 99.5 cm³/mol. The molecule has 5 rings (SSSR count). The summed E-state index contributed by atoms with van der Waals surface area (Å²) in [5.41, 5.74) is 1.39. The van der Waals surface area contributed by atoms with Crippen LogP contribution in [0.5, 0.6) is 0 Å². The van der Waals surface area contributed by atoms with E-state index in [1.54, 1.807) is 25.7 Å². The van der Waals surface area contributed by atoms with E-state index in [0.29, 0.717) is 10.3 Å². The van der Waals surface area contributed by atoms with Crippen molar-refractivity contribution >= 4 is 11.8 Å². The standard InChI is InChI=1S/C21H35NS/c1-19-8-3-4-17(19)16-6-5-15-14-21(22-12-13-23-21)11-10-20(15,2)18(16)7-9-19/h15-18,22H,3-14H2,1-2H3. The highest BCUT2D eigenvalue weighted by Crippen LogP contribution is 2.67. The van der Waals surface area contributed by atoms with Gasteiger partial charge < -0.3 is 5.32 Å². The number of rotatable bonds is 0. The SMILES string of the molecule is CC12CCCC1C1CCC3CC4(CCC3(C)C1CC2)NCCS4. The van der Waals surface area contributed by atoms with E-state index in [4.69, 9.17) is 0 Å². The topological polar surface area (TPSA) is 12.0 Å². The van der Waals surface area contributed by atoms with Crippen LogP contribution >= 0.6 is 11.8 Å². The lowest BCUT2D eigenvalue weighted by molar-refractivity contribution is -0.109. The van der Waals surface area contributed by atoms with Crippen molar-refractivity contribution in [3.05, 3.63) is 0 Å². The van der Waals surface area contributed by atoms with Gasteiger partial charge in [0.1, 0.15) is 0 Å². The molecule has 0 aromatic carbocycles. The van der Waals surface area contributed by atoms with Crippen molar-refractivity contribution in [2.75, 3.05) is 12.3 Å². The highest BCUT2D eigenvalue weighted by molar-refractivity contribution is 8.00. The number of hydrogen-bond acceptors (Lipinski definition) is 2. The molecule has 4 saturated carbocycles. The Hall–Kier alpha value is 0.310. The molecule has 0 amide bonds. The first-order chi connectivity index (χ1) is 11.0. The molecule has 1 heterocycles. The smallest absolute Gasteiger partial charge is 0.0649 e. The summed E-state index contributed by atoms with van der Waals surface area (Å²) < 4.78 is 0. The summed E-state index contributed by atoms with van der Waals surface area (Å²) in [4.78, 5) is 0.480. The molecule has 4 aliphatic carbocycles. The number of thioether (sulfide) groups is 1. The zero-order chi connectivity index (χ0) is 15.7.